The van der Waals surface area contributed by atoms with Gasteiger partial charge in [0.05, 0.1) is 26.3 Å². The molecule has 1 aromatic heterocycles. The molecular weight excluding hydrogens is 402 g/mol. The molecule has 0 saturated heterocycles. The molecule has 0 aliphatic heterocycles. The van der Waals surface area contributed by atoms with Gasteiger partial charge in [0.1, 0.15) is 5.01 Å². The Bertz CT molecular complexity index is 1050. The molecular formula is C22H23N3O4S. The summed E-state index contributed by atoms with van der Waals surface area (Å²) in [5.74, 6) is 0.985. The average Bonchev–Trinajstić information content (AvgIpc) is 3.25. The number of amides is 2. The number of carbonyl (C=O) groups is 2. The number of aromatic nitrogens is 1. The van der Waals surface area contributed by atoms with Gasteiger partial charge in [-0.15, -0.1) is 11.3 Å². The fourth-order valence-corrected chi connectivity index (χ4v) is 3.70. The zero-order chi connectivity index (χ0) is 21.5. The van der Waals surface area contributed by atoms with Crippen LogP contribution in [0.4, 0.5) is 0 Å². The van der Waals surface area contributed by atoms with Crippen LogP contribution < -0.4 is 20.1 Å². The van der Waals surface area contributed by atoms with Crippen molar-refractivity contribution in [1.29, 1.82) is 0 Å². The van der Waals surface area contributed by atoms with Gasteiger partial charge < -0.3 is 20.1 Å². The smallest absolute Gasteiger partial charge is 0.251 e. The van der Waals surface area contributed by atoms with Crippen LogP contribution in [0.2, 0.25) is 0 Å². The standard InChI is InChI=1S/C22H23N3O4S/c1-23-21(27)15-6-4-5-14(9-15)12-24-20(26)11-17-13-30-22(25-17)16-7-8-18(28-2)19(10-16)29-3/h4-10,13H,11-12H2,1-3H3,(H,23,27)(H,24,26). The molecule has 2 N–H and O–H groups in total. The molecule has 0 aliphatic rings. The summed E-state index contributed by atoms with van der Waals surface area (Å²) < 4.78 is 10.6. The van der Waals surface area contributed by atoms with Crippen LogP contribution in [-0.2, 0) is 17.8 Å². The Hall–Kier alpha value is -3.39. The summed E-state index contributed by atoms with van der Waals surface area (Å²) in [6.45, 7) is 0.344. The van der Waals surface area contributed by atoms with Crippen molar-refractivity contribution < 1.29 is 19.1 Å². The van der Waals surface area contributed by atoms with Crippen molar-refractivity contribution in [2.24, 2.45) is 0 Å². The molecule has 30 heavy (non-hydrogen) atoms. The Morgan fingerprint density at radius 3 is 2.60 bits per heavy atom. The normalized spacial score (nSPS) is 10.4. The van der Waals surface area contributed by atoms with E-state index in [2.05, 4.69) is 15.6 Å². The van der Waals surface area contributed by atoms with Gasteiger partial charge in [-0.25, -0.2) is 4.98 Å². The lowest BCUT2D eigenvalue weighted by molar-refractivity contribution is -0.120. The molecule has 0 atom stereocenters. The van der Waals surface area contributed by atoms with E-state index < -0.39 is 0 Å². The average molecular weight is 426 g/mol. The molecule has 2 aromatic carbocycles. The first-order chi connectivity index (χ1) is 14.5. The van der Waals surface area contributed by atoms with E-state index in [4.69, 9.17) is 9.47 Å². The Morgan fingerprint density at radius 2 is 1.87 bits per heavy atom. The van der Waals surface area contributed by atoms with E-state index in [0.717, 1.165) is 16.1 Å². The van der Waals surface area contributed by atoms with Crippen LogP contribution in [0.15, 0.2) is 47.8 Å². The van der Waals surface area contributed by atoms with Crippen molar-refractivity contribution >= 4 is 23.2 Å². The topological polar surface area (TPSA) is 89.6 Å². The van der Waals surface area contributed by atoms with E-state index in [0.29, 0.717) is 29.3 Å². The Kier molecular flexibility index (Phi) is 7.03. The molecule has 156 valence electrons. The summed E-state index contributed by atoms with van der Waals surface area (Å²) >= 11 is 1.47. The van der Waals surface area contributed by atoms with E-state index in [1.165, 1.54) is 11.3 Å². The number of rotatable bonds is 8. The number of hydrogen-bond donors (Lipinski definition) is 2. The first kappa shape index (κ1) is 21.3. The lowest BCUT2D eigenvalue weighted by Crippen LogP contribution is -2.25. The molecule has 3 aromatic rings. The van der Waals surface area contributed by atoms with Gasteiger partial charge in [-0.2, -0.15) is 0 Å². The fourth-order valence-electron chi connectivity index (χ4n) is 2.88. The molecule has 2 amide bonds. The van der Waals surface area contributed by atoms with E-state index in [1.807, 2.05) is 29.6 Å². The minimum atomic E-state index is -0.159. The largest absolute Gasteiger partial charge is 0.493 e. The van der Waals surface area contributed by atoms with Crippen LogP contribution in [0.1, 0.15) is 21.6 Å². The molecule has 3 rings (SSSR count). The second-order valence-corrected chi connectivity index (χ2v) is 7.30. The number of carbonyl (C=O) groups excluding carboxylic acids is 2. The van der Waals surface area contributed by atoms with Crippen LogP contribution in [0.25, 0.3) is 10.6 Å². The molecule has 8 heteroatoms. The number of hydrogen-bond acceptors (Lipinski definition) is 6. The lowest BCUT2D eigenvalue weighted by atomic mass is 10.1. The SMILES string of the molecule is CNC(=O)c1cccc(CNC(=O)Cc2csc(-c3ccc(OC)c(OC)c3)n2)c1. The van der Waals surface area contributed by atoms with Gasteiger partial charge in [-0.1, -0.05) is 12.1 Å². The Morgan fingerprint density at radius 1 is 1.07 bits per heavy atom. The van der Waals surface area contributed by atoms with E-state index >= 15 is 0 Å². The third-order valence-electron chi connectivity index (χ3n) is 4.43. The molecule has 7 nitrogen and oxygen atoms in total. The summed E-state index contributed by atoms with van der Waals surface area (Å²) in [6.07, 6.45) is 0.179. The maximum absolute atomic E-state index is 12.3. The van der Waals surface area contributed by atoms with Crippen molar-refractivity contribution in [3.05, 3.63) is 64.7 Å². The van der Waals surface area contributed by atoms with Crippen LogP contribution in [0.5, 0.6) is 11.5 Å². The quantitative estimate of drug-likeness (QED) is 0.579. The van der Waals surface area contributed by atoms with Gasteiger partial charge in [-0.05, 0) is 35.9 Å². The molecule has 0 fully saturated rings. The minimum absolute atomic E-state index is 0.135. The molecule has 0 radical (unpaired) electrons. The second-order valence-electron chi connectivity index (χ2n) is 6.45. The highest BCUT2D eigenvalue weighted by Gasteiger charge is 2.12. The van der Waals surface area contributed by atoms with Crippen molar-refractivity contribution in [2.75, 3.05) is 21.3 Å². The zero-order valence-corrected chi connectivity index (χ0v) is 17.8. The van der Waals surface area contributed by atoms with Crippen molar-refractivity contribution in [1.82, 2.24) is 15.6 Å². The van der Waals surface area contributed by atoms with Crippen molar-refractivity contribution in [3.63, 3.8) is 0 Å². The number of ether oxygens (including phenoxy) is 2. The van der Waals surface area contributed by atoms with Gasteiger partial charge in [-0.3, -0.25) is 9.59 Å². The number of methoxy groups -OCH3 is 2. The maximum Gasteiger partial charge on any atom is 0.251 e. The summed E-state index contributed by atoms with van der Waals surface area (Å²) in [7, 11) is 4.76. The number of nitrogens with one attached hydrogen (secondary N) is 2. The van der Waals surface area contributed by atoms with Crippen LogP contribution >= 0.6 is 11.3 Å². The fraction of sp³-hybridized carbons (Fsp3) is 0.227. The zero-order valence-electron chi connectivity index (χ0n) is 17.0. The predicted molar refractivity (Wildman–Crippen MR) is 116 cm³/mol. The molecule has 0 spiro atoms. The highest BCUT2D eigenvalue weighted by molar-refractivity contribution is 7.13. The monoisotopic (exact) mass is 425 g/mol. The van der Waals surface area contributed by atoms with Crippen LogP contribution in [0, 0.1) is 0 Å². The molecule has 0 unspecified atom stereocenters. The van der Waals surface area contributed by atoms with Gasteiger partial charge >= 0.3 is 0 Å². The highest BCUT2D eigenvalue weighted by atomic mass is 32.1. The van der Waals surface area contributed by atoms with Crippen molar-refractivity contribution in [2.45, 2.75) is 13.0 Å². The highest BCUT2D eigenvalue weighted by Crippen LogP contribution is 2.33. The molecule has 0 aliphatic carbocycles. The number of benzene rings is 2. The predicted octanol–water partition coefficient (Wildman–Crippen LogP) is 3.05. The number of nitrogens with zero attached hydrogens (tertiary/aromatic N) is 1. The van der Waals surface area contributed by atoms with Gasteiger partial charge in [0.2, 0.25) is 5.91 Å². The third kappa shape index (κ3) is 5.15. The van der Waals surface area contributed by atoms with Crippen LogP contribution in [0.3, 0.4) is 0 Å². The molecule has 0 bridgehead atoms. The first-order valence-corrected chi connectivity index (χ1v) is 10.2. The van der Waals surface area contributed by atoms with Gasteiger partial charge in [0.25, 0.3) is 5.91 Å². The van der Waals surface area contributed by atoms with E-state index in [1.54, 1.807) is 39.5 Å². The third-order valence-corrected chi connectivity index (χ3v) is 5.37. The van der Waals surface area contributed by atoms with E-state index in [-0.39, 0.29) is 18.2 Å². The van der Waals surface area contributed by atoms with Gasteiger partial charge in [0.15, 0.2) is 11.5 Å². The van der Waals surface area contributed by atoms with E-state index in [9.17, 15) is 9.59 Å². The molecule has 0 saturated carbocycles. The second kappa shape index (κ2) is 9.89. The Balaban J connectivity index is 1.61. The van der Waals surface area contributed by atoms with Gasteiger partial charge in [0, 0.05) is 30.1 Å². The summed E-state index contributed by atoms with van der Waals surface area (Å²) in [4.78, 5) is 28.6. The maximum atomic E-state index is 12.3. The molecule has 1 heterocycles. The summed E-state index contributed by atoms with van der Waals surface area (Å²) in [6, 6.07) is 12.7. The van der Waals surface area contributed by atoms with Crippen LogP contribution in [-0.4, -0.2) is 38.1 Å². The minimum Gasteiger partial charge on any atom is -0.493 e. The summed E-state index contributed by atoms with van der Waals surface area (Å²) in [5.41, 5.74) is 3.01. The number of thiazole rings is 1. The lowest BCUT2D eigenvalue weighted by Gasteiger charge is -2.08. The Labute approximate surface area is 179 Å². The van der Waals surface area contributed by atoms with Crippen molar-refractivity contribution in [3.8, 4) is 22.1 Å². The summed E-state index contributed by atoms with van der Waals surface area (Å²) in [5, 5.41) is 8.13. The first-order valence-electron chi connectivity index (χ1n) is 9.28.